The lowest BCUT2D eigenvalue weighted by Gasteiger charge is -1.94. The fourth-order valence-corrected chi connectivity index (χ4v) is 4.33. The monoisotopic (exact) mass is 304 g/mol. The molecule has 0 saturated carbocycles. The Labute approximate surface area is 99.8 Å². The van der Waals surface area contributed by atoms with Crippen molar-refractivity contribution in [1.82, 2.24) is 0 Å². The zero-order valence-electron chi connectivity index (χ0n) is 7.67. The Bertz CT molecular complexity index is 638. The van der Waals surface area contributed by atoms with Crippen molar-refractivity contribution in [1.29, 1.82) is 0 Å². The zero-order valence-corrected chi connectivity index (χ0v) is 10.9. The third kappa shape index (κ3) is 2.73. The van der Waals surface area contributed by atoms with Gasteiger partial charge in [-0.1, -0.05) is 0 Å². The Morgan fingerprint density at radius 3 is 2.12 bits per heavy atom. The molecule has 0 aromatic carbocycles. The molecule has 1 aromatic heterocycles. The summed E-state index contributed by atoms with van der Waals surface area (Å²) in [6, 6.07) is 0.742. The second-order valence-electron chi connectivity index (χ2n) is 2.77. The first-order valence-electron chi connectivity index (χ1n) is 3.55. The Hall–Kier alpha value is -0.640. The third-order valence-electron chi connectivity index (χ3n) is 1.51. The summed E-state index contributed by atoms with van der Waals surface area (Å²) in [6.07, 6.45) is 0.784. The number of carbonyl (C=O) groups is 1. The average Bonchev–Trinajstić information content (AvgIpc) is 2.44. The van der Waals surface area contributed by atoms with Crippen LogP contribution in [0.25, 0.3) is 0 Å². The van der Waals surface area contributed by atoms with Gasteiger partial charge in [-0.25, -0.2) is 21.6 Å². The lowest BCUT2D eigenvalue weighted by Crippen LogP contribution is -2.03. The van der Waals surface area contributed by atoms with Crippen LogP contribution in [0.1, 0.15) is 9.67 Å². The van der Waals surface area contributed by atoms with Gasteiger partial charge >= 0.3 is 5.97 Å². The van der Waals surface area contributed by atoms with E-state index in [4.69, 9.17) is 15.8 Å². The zero-order chi connectivity index (χ0) is 12.7. The van der Waals surface area contributed by atoms with Crippen LogP contribution in [0.4, 0.5) is 0 Å². The summed E-state index contributed by atoms with van der Waals surface area (Å²) in [6.45, 7) is 0. The first kappa shape index (κ1) is 13.4. The molecule has 16 heavy (non-hydrogen) atoms. The predicted molar refractivity (Wildman–Crippen MR) is 57.4 cm³/mol. The average molecular weight is 305 g/mol. The van der Waals surface area contributed by atoms with E-state index in [1.54, 1.807) is 0 Å². The second kappa shape index (κ2) is 3.99. The molecule has 1 heterocycles. The van der Waals surface area contributed by atoms with E-state index < -0.39 is 38.8 Å². The van der Waals surface area contributed by atoms with Gasteiger partial charge in [0.1, 0.15) is 9.09 Å². The molecule has 1 rings (SSSR count). The third-order valence-corrected chi connectivity index (χ3v) is 5.96. The number of aromatic carboxylic acids is 1. The van der Waals surface area contributed by atoms with Crippen LogP contribution in [0.2, 0.25) is 0 Å². The van der Waals surface area contributed by atoms with E-state index in [9.17, 15) is 21.6 Å². The number of hydrogen-bond acceptors (Lipinski definition) is 6. The van der Waals surface area contributed by atoms with Gasteiger partial charge in [-0.05, 0) is 6.07 Å². The highest BCUT2D eigenvalue weighted by Crippen LogP contribution is 2.31. The quantitative estimate of drug-likeness (QED) is 0.827. The summed E-state index contributed by atoms with van der Waals surface area (Å²) < 4.78 is 43.8. The van der Waals surface area contributed by atoms with Crippen molar-refractivity contribution in [2.45, 2.75) is 9.10 Å². The molecule has 0 aliphatic rings. The van der Waals surface area contributed by atoms with Crippen molar-refractivity contribution in [2.24, 2.45) is 0 Å². The molecule has 0 radical (unpaired) electrons. The van der Waals surface area contributed by atoms with E-state index in [2.05, 4.69) is 0 Å². The molecule has 10 heteroatoms. The van der Waals surface area contributed by atoms with Gasteiger partial charge in [-0.3, -0.25) is 0 Å². The minimum absolute atomic E-state index is 0.303. The van der Waals surface area contributed by atoms with Gasteiger partial charge in [0, 0.05) is 16.9 Å². The highest BCUT2D eigenvalue weighted by molar-refractivity contribution is 8.15. The highest BCUT2D eigenvalue weighted by Gasteiger charge is 2.26. The normalized spacial score (nSPS) is 12.6. The molecule has 0 bridgehead atoms. The molecule has 0 atom stereocenters. The molecule has 1 N–H and O–H groups in total. The van der Waals surface area contributed by atoms with Crippen molar-refractivity contribution >= 4 is 46.9 Å². The number of carboxylic acid groups (broad SMARTS) is 1. The standard InChI is InChI=1S/C6H5ClO6S3/c1-15(10,11)3-2-4(16(7,12)13)14-5(3)6(8)9/h2H,1H3,(H,8,9). The van der Waals surface area contributed by atoms with E-state index >= 15 is 0 Å². The van der Waals surface area contributed by atoms with Crippen LogP contribution in [0.15, 0.2) is 15.2 Å². The van der Waals surface area contributed by atoms with Crippen molar-refractivity contribution in [3.8, 4) is 0 Å². The molecule has 0 fully saturated rings. The van der Waals surface area contributed by atoms with E-state index in [1.807, 2.05) is 0 Å². The first-order valence-corrected chi connectivity index (χ1v) is 8.57. The van der Waals surface area contributed by atoms with Crippen LogP contribution in [-0.2, 0) is 18.9 Å². The summed E-state index contributed by atoms with van der Waals surface area (Å²) in [7, 11) is -2.95. The van der Waals surface area contributed by atoms with Crippen LogP contribution in [-0.4, -0.2) is 34.2 Å². The van der Waals surface area contributed by atoms with E-state index in [1.165, 1.54) is 0 Å². The smallest absolute Gasteiger partial charge is 0.347 e. The molecule has 0 unspecified atom stereocenters. The van der Waals surface area contributed by atoms with Gasteiger partial charge in [0.2, 0.25) is 0 Å². The maximum atomic E-state index is 11.2. The Balaban J connectivity index is 3.64. The number of sulfone groups is 1. The summed E-state index contributed by atoms with van der Waals surface area (Å²) in [5.41, 5.74) is 0. The first-order chi connectivity index (χ1) is 7.03. The summed E-state index contributed by atoms with van der Waals surface area (Å²) >= 11 is 0.303. The molecular formula is C6H5ClO6S3. The minimum atomic E-state index is -4.14. The molecule has 0 aliphatic heterocycles. The SMILES string of the molecule is CS(=O)(=O)c1cc(S(=O)(=O)Cl)sc1C(=O)O. The largest absolute Gasteiger partial charge is 0.477 e. The number of carboxylic acids is 1. The number of thiophene rings is 1. The number of halogens is 1. The van der Waals surface area contributed by atoms with Crippen LogP contribution >= 0.6 is 22.0 Å². The predicted octanol–water partition coefficient (Wildman–Crippen LogP) is 0.777. The molecule has 90 valence electrons. The van der Waals surface area contributed by atoms with Crippen molar-refractivity contribution in [2.75, 3.05) is 6.26 Å². The van der Waals surface area contributed by atoms with Gasteiger partial charge in [-0.15, -0.1) is 11.3 Å². The summed E-state index contributed by atoms with van der Waals surface area (Å²) in [5.74, 6) is -1.52. The van der Waals surface area contributed by atoms with Gasteiger partial charge in [0.25, 0.3) is 9.05 Å². The Morgan fingerprint density at radius 1 is 1.38 bits per heavy atom. The minimum Gasteiger partial charge on any atom is -0.477 e. The lowest BCUT2D eigenvalue weighted by molar-refractivity contribution is 0.0698. The van der Waals surface area contributed by atoms with Gasteiger partial charge in [0.15, 0.2) is 9.84 Å². The van der Waals surface area contributed by atoms with Crippen molar-refractivity contribution in [3.05, 3.63) is 10.9 Å². The number of hydrogen-bond donors (Lipinski definition) is 1. The molecule has 0 aliphatic carbocycles. The number of rotatable bonds is 3. The maximum absolute atomic E-state index is 11.2. The topological polar surface area (TPSA) is 106 Å². The fraction of sp³-hybridized carbons (Fsp3) is 0.167. The highest BCUT2D eigenvalue weighted by atomic mass is 35.7. The van der Waals surface area contributed by atoms with Crippen LogP contribution in [0.5, 0.6) is 0 Å². The fourth-order valence-electron chi connectivity index (χ4n) is 0.898. The Morgan fingerprint density at radius 2 is 1.88 bits per heavy atom. The summed E-state index contributed by atoms with van der Waals surface area (Å²) in [4.78, 5) is 9.60. The lowest BCUT2D eigenvalue weighted by atomic mass is 10.5. The summed E-state index contributed by atoms with van der Waals surface area (Å²) in [5, 5.41) is 8.72. The van der Waals surface area contributed by atoms with Crippen LogP contribution < -0.4 is 0 Å². The van der Waals surface area contributed by atoms with E-state index in [0.717, 1.165) is 12.3 Å². The van der Waals surface area contributed by atoms with Gasteiger partial charge in [0.05, 0.1) is 4.90 Å². The molecule has 6 nitrogen and oxygen atoms in total. The molecule has 0 saturated heterocycles. The Kier molecular flexibility index (Phi) is 3.34. The van der Waals surface area contributed by atoms with Crippen molar-refractivity contribution < 1.29 is 26.7 Å². The molecular weight excluding hydrogens is 300 g/mol. The van der Waals surface area contributed by atoms with Crippen molar-refractivity contribution in [3.63, 3.8) is 0 Å². The van der Waals surface area contributed by atoms with Gasteiger partial charge in [-0.2, -0.15) is 0 Å². The maximum Gasteiger partial charge on any atom is 0.347 e. The van der Waals surface area contributed by atoms with E-state index in [-0.39, 0.29) is 0 Å². The molecule has 1 aromatic rings. The van der Waals surface area contributed by atoms with Gasteiger partial charge < -0.3 is 5.11 Å². The second-order valence-corrected chi connectivity index (χ2v) is 8.60. The van der Waals surface area contributed by atoms with E-state index in [0.29, 0.717) is 11.3 Å². The van der Waals surface area contributed by atoms with Crippen LogP contribution in [0.3, 0.4) is 0 Å². The molecule has 0 amide bonds. The molecule has 0 spiro atoms. The van der Waals surface area contributed by atoms with Crippen LogP contribution in [0, 0.1) is 0 Å².